The number of benzene rings is 2. The molecule has 0 unspecified atom stereocenters. The molecule has 0 amide bonds. The molecule has 0 aliphatic rings. The molecule has 21 heavy (non-hydrogen) atoms. The van der Waals surface area contributed by atoms with E-state index in [0.29, 0.717) is 18.2 Å². The highest BCUT2D eigenvalue weighted by atomic mass is 35.5. The van der Waals surface area contributed by atoms with Crippen LogP contribution in [0.4, 0.5) is 0 Å². The van der Waals surface area contributed by atoms with E-state index < -0.39 is 0 Å². The minimum atomic E-state index is 0.437. The fourth-order valence-corrected chi connectivity index (χ4v) is 2.32. The summed E-state index contributed by atoms with van der Waals surface area (Å²) in [6.07, 6.45) is 1.79. The molecule has 3 aromatic rings. The van der Waals surface area contributed by atoms with Crippen molar-refractivity contribution in [3.05, 3.63) is 70.9 Å². The van der Waals surface area contributed by atoms with Crippen molar-refractivity contribution in [3.8, 4) is 5.75 Å². The first-order chi connectivity index (χ1) is 10.3. The van der Waals surface area contributed by atoms with Gasteiger partial charge in [-0.3, -0.25) is 4.98 Å². The molecular weight excluding hydrogens is 284 g/mol. The Morgan fingerprint density at radius 1 is 1.10 bits per heavy atom. The van der Waals surface area contributed by atoms with Crippen molar-refractivity contribution in [2.24, 2.45) is 5.73 Å². The van der Waals surface area contributed by atoms with Gasteiger partial charge in [0, 0.05) is 34.8 Å². The number of rotatable bonds is 4. The Hall–Kier alpha value is -2.10. The van der Waals surface area contributed by atoms with E-state index in [1.54, 1.807) is 6.20 Å². The molecule has 0 aliphatic heterocycles. The van der Waals surface area contributed by atoms with E-state index in [1.165, 1.54) is 0 Å². The Morgan fingerprint density at radius 2 is 1.95 bits per heavy atom. The molecule has 2 aromatic carbocycles. The van der Waals surface area contributed by atoms with Gasteiger partial charge in [0.15, 0.2) is 0 Å². The first-order valence-corrected chi connectivity index (χ1v) is 7.09. The lowest BCUT2D eigenvalue weighted by Gasteiger charge is -2.09. The molecule has 1 heterocycles. The molecule has 1 aromatic heterocycles. The molecule has 0 radical (unpaired) electrons. The Bertz CT molecular complexity index is 774. The standard InChI is InChI=1S/C17H15ClN2O/c18-16-4-2-1-3-14(16)11-21-15-6-5-13-7-12(9-19)10-20-17(13)8-15/h1-8,10H,9,11,19H2. The molecule has 0 bridgehead atoms. The highest BCUT2D eigenvalue weighted by Gasteiger charge is 2.03. The number of halogens is 1. The number of fused-ring (bicyclic) bond motifs is 1. The summed E-state index contributed by atoms with van der Waals surface area (Å²) in [4.78, 5) is 4.40. The maximum absolute atomic E-state index is 6.11. The second-order valence-electron chi connectivity index (χ2n) is 4.78. The van der Waals surface area contributed by atoms with Crippen LogP contribution in [0.5, 0.6) is 5.75 Å². The Labute approximate surface area is 128 Å². The number of hydrogen-bond donors (Lipinski definition) is 1. The third-order valence-electron chi connectivity index (χ3n) is 3.30. The van der Waals surface area contributed by atoms with E-state index in [0.717, 1.165) is 27.8 Å². The lowest BCUT2D eigenvalue weighted by atomic mass is 10.1. The Morgan fingerprint density at radius 3 is 2.76 bits per heavy atom. The zero-order valence-electron chi connectivity index (χ0n) is 11.4. The van der Waals surface area contributed by atoms with Gasteiger partial charge in [0.05, 0.1) is 5.52 Å². The normalized spacial score (nSPS) is 10.8. The van der Waals surface area contributed by atoms with Crippen molar-refractivity contribution in [2.75, 3.05) is 0 Å². The summed E-state index contributed by atoms with van der Waals surface area (Å²) in [5.74, 6) is 0.774. The van der Waals surface area contributed by atoms with Crippen molar-refractivity contribution in [3.63, 3.8) is 0 Å². The lowest BCUT2D eigenvalue weighted by molar-refractivity contribution is 0.306. The summed E-state index contributed by atoms with van der Waals surface area (Å²) in [5, 5.41) is 1.77. The second kappa shape index (κ2) is 6.12. The molecule has 0 aliphatic carbocycles. The minimum absolute atomic E-state index is 0.437. The number of ether oxygens (including phenoxy) is 1. The number of pyridine rings is 1. The van der Waals surface area contributed by atoms with E-state index >= 15 is 0 Å². The van der Waals surface area contributed by atoms with Crippen molar-refractivity contribution >= 4 is 22.5 Å². The number of aromatic nitrogens is 1. The summed E-state index contributed by atoms with van der Waals surface area (Å²) < 4.78 is 5.79. The largest absolute Gasteiger partial charge is 0.489 e. The predicted octanol–water partition coefficient (Wildman–Crippen LogP) is 3.93. The van der Waals surface area contributed by atoms with E-state index in [-0.39, 0.29) is 0 Å². The number of nitrogens with zero attached hydrogens (tertiary/aromatic N) is 1. The van der Waals surface area contributed by atoms with Crippen molar-refractivity contribution in [1.29, 1.82) is 0 Å². The van der Waals surface area contributed by atoms with Crippen molar-refractivity contribution in [2.45, 2.75) is 13.2 Å². The highest BCUT2D eigenvalue weighted by Crippen LogP contribution is 2.22. The van der Waals surface area contributed by atoms with Gasteiger partial charge < -0.3 is 10.5 Å². The maximum Gasteiger partial charge on any atom is 0.122 e. The maximum atomic E-state index is 6.11. The third-order valence-corrected chi connectivity index (χ3v) is 3.67. The molecular formula is C17H15ClN2O. The molecule has 3 rings (SSSR count). The average Bonchev–Trinajstić information content (AvgIpc) is 2.53. The van der Waals surface area contributed by atoms with E-state index in [1.807, 2.05) is 48.5 Å². The molecule has 0 saturated heterocycles. The third kappa shape index (κ3) is 3.15. The van der Waals surface area contributed by atoms with Gasteiger partial charge in [-0.2, -0.15) is 0 Å². The zero-order valence-corrected chi connectivity index (χ0v) is 12.2. The molecule has 2 N–H and O–H groups in total. The van der Waals surface area contributed by atoms with Crippen LogP contribution in [0.2, 0.25) is 5.02 Å². The first kappa shape index (κ1) is 13.9. The fourth-order valence-electron chi connectivity index (χ4n) is 2.12. The molecule has 0 saturated carbocycles. The molecule has 4 heteroatoms. The van der Waals surface area contributed by atoms with Gasteiger partial charge in [-0.15, -0.1) is 0 Å². The van der Waals surface area contributed by atoms with Gasteiger partial charge in [-0.1, -0.05) is 29.8 Å². The van der Waals surface area contributed by atoms with Crippen LogP contribution < -0.4 is 10.5 Å². The van der Waals surface area contributed by atoms with Crippen LogP contribution in [-0.2, 0) is 13.2 Å². The summed E-state index contributed by atoms with van der Waals surface area (Å²) in [6.45, 7) is 0.930. The summed E-state index contributed by atoms with van der Waals surface area (Å²) >= 11 is 6.11. The lowest BCUT2D eigenvalue weighted by Crippen LogP contribution is -1.98. The van der Waals surface area contributed by atoms with Crippen LogP contribution >= 0.6 is 11.6 Å². The van der Waals surface area contributed by atoms with E-state index in [2.05, 4.69) is 4.98 Å². The van der Waals surface area contributed by atoms with Gasteiger partial charge >= 0.3 is 0 Å². The number of nitrogens with two attached hydrogens (primary N) is 1. The predicted molar refractivity (Wildman–Crippen MR) is 85.4 cm³/mol. The van der Waals surface area contributed by atoms with Gasteiger partial charge in [-0.05, 0) is 29.8 Å². The highest BCUT2D eigenvalue weighted by molar-refractivity contribution is 6.31. The fraction of sp³-hybridized carbons (Fsp3) is 0.118. The summed E-state index contributed by atoms with van der Waals surface area (Å²) in [5.41, 5.74) is 8.50. The second-order valence-corrected chi connectivity index (χ2v) is 5.19. The zero-order chi connectivity index (χ0) is 14.7. The van der Waals surface area contributed by atoms with Gasteiger partial charge in [0.25, 0.3) is 0 Å². The van der Waals surface area contributed by atoms with Crippen LogP contribution in [0.25, 0.3) is 10.9 Å². The van der Waals surface area contributed by atoms with Gasteiger partial charge in [0.1, 0.15) is 12.4 Å². The molecule has 0 spiro atoms. The van der Waals surface area contributed by atoms with Crippen LogP contribution in [0, 0.1) is 0 Å². The molecule has 3 nitrogen and oxygen atoms in total. The SMILES string of the molecule is NCc1cnc2cc(OCc3ccccc3Cl)ccc2c1. The Balaban J connectivity index is 1.80. The quantitative estimate of drug-likeness (QED) is 0.794. The van der Waals surface area contributed by atoms with Gasteiger partial charge in [0.2, 0.25) is 0 Å². The molecule has 106 valence electrons. The topological polar surface area (TPSA) is 48.1 Å². The molecule has 0 fully saturated rings. The minimum Gasteiger partial charge on any atom is -0.489 e. The monoisotopic (exact) mass is 298 g/mol. The van der Waals surface area contributed by atoms with E-state index in [4.69, 9.17) is 22.1 Å². The van der Waals surface area contributed by atoms with Crippen molar-refractivity contribution < 1.29 is 4.74 Å². The van der Waals surface area contributed by atoms with Gasteiger partial charge in [-0.25, -0.2) is 0 Å². The van der Waals surface area contributed by atoms with Crippen LogP contribution in [0.3, 0.4) is 0 Å². The Kier molecular flexibility index (Phi) is 4.04. The number of hydrogen-bond acceptors (Lipinski definition) is 3. The van der Waals surface area contributed by atoms with Crippen LogP contribution in [0.1, 0.15) is 11.1 Å². The summed E-state index contributed by atoms with van der Waals surface area (Å²) in [6, 6.07) is 15.5. The molecule has 0 atom stereocenters. The average molecular weight is 299 g/mol. The smallest absolute Gasteiger partial charge is 0.122 e. The van der Waals surface area contributed by atoms with Crippen molar-refractivity contribution in [1.82, 2.24) is 4.98 Å². The summed E-state index contributed by atoms with van der Waals surface area (Å²) in [7, 11) is 0. The first-order valence-electron chi connectivity index (χ1n) is 6.71. The van der Waals surface area contributed by atoms with Crippen LogP contribution in [0.15, 0.2) is 54.7 Å². The van der Waals surface area contributed by atoms with Crippen LogP contribution in [-0.4, -0.2) is 4.98 Å². The van der Waals surface area contributed by atoms with E-state index in [9.17, 15) is 0 Å².